The predicted molar refractivity (Wildman–Crippen MR) is 125 cm³/mol. The third-order valence-corrected chi connectivity index (χ3v) is 7.75. The summed E-state index contributed by atoms with van der Waals surface area (Å²) in [5.74, 6) is -0.732. The lowest BCUT2D eigenvalue weighted by Crippen LogP contribution is -2.50. The van der Waals surface area contributed by atoms with Gasteiger partial charge in [-0.05, 0) is 48.4 Å². The van der Waals surface area contributed by atoms with Crippen molar-refractivity contribution in [3.63, 3.8) is 0 Å². The predicted octanol–water partition coefficient (Wildman–Crippen LogP) is 5.38. The number of hydrogen-bond donors (Lipinski definition) is 0. The number of fused-ring (bicyclic) bond motifs is 2. The first-order chi connectivity index (χ1) is 15.4. The van der Waals surface area contributed by atoms with Crippen LogP contribution in [0.5, 0.6) is 0 Å². The molecule has 0 radical (unpaired) electrons. The Morgan fingerprint density at radius 1 is 1.12 bits per heavy atom. The van der Waals surface area contributed by atoms with Crippen LogP contribution in [0.15, 0.2) is 66.7 Å². The number of amides is 2. The van der Waals surface area contributed by atoms with E-state index in [4.69, 9.17) is 11.6 Å². The van der Waals surface area contributed by atoms with Crippen LogP contribution in [0.4, 0.5) is 10.1 Å². The highest BCUT2D eigenvalue weighted by atomic mass is 35.5. The summed E-state index contributed by atoms with van der Waals surface area (Å²) in [5.41, 5.74) is 3.46. The smallest absolute Gasteiger partial charge is 0.268 e. The SMILES string of the molecule is Cc1ccccc1CN1C(=O)C2(SCCN2C(=O)c2ccccc2F)c2cc(Cl)ccc21. The average Bonchev–Trinajstić information content (AvgIpc) is 3.32. The molecule has 1 fully saturated rings. The van der Waals surface area contributed by atoms with Gasteiger partial charge < -0.3 is 9.80 Å². The third-order valence-electron chi connectivity index (χ3n) is 6.09. The molecule has 5 rings (SSSR count). The monoisotopic (exact) mass is 466 g/mol. The minimum absolute atomic E-state index is 0.0388. The topological polar surface area (TPSA) is 40.6 Å². The van der Waals surface area contributed by atoms with Gasteiger partial charge in [-0.1, -0.05) is 48.0 Å². The largest absolute Gasteiger partial charge is 0.311 e. The Hall–Kier alpha value is -2.83. The number of aryl methyl sites for hydroxylation is 1. The van der Waals surface area contributed by atoms with Crippen molar-refractivity contribution in [3.05, 3.63) is 99.8 Å². The van der Waals surface area contributed by atoms with E-state index in [0.29, 0.717) is 29.4 Å². The van der Waals surface area contributed by atoms with Gasteiger partial charge in [-0.2, -0.15) is 0 Å². The van der Waals surface area contributed by atoms with Gasteiger partial charge >= 0.3 is 0 Å². The lowest BCUT2D eigenvalue weighted by atomic mass is 10.0. The minimum Gasteiger partial charge on any atom is -0.311 e. The number of nitrogens with zero attached hydrogens (tertiary/aromatic N) is 2. The van der Waals surface area contributed by atoms with Gasteiger partial charge in [-0.25, -0.2) is 4.39 Å². The number of benzene rings is 3. The van der Waals surface area contributed by atoms with Gasteiger partial charge in [0.15, 0.2) is 4.87 Å². The van der Waals surface area contributed by atoms with Crippen LogP contribution in [0.1, 0.15) is 27.0 Å². The Bertz CT molecular complexity index is 1250. The molecule has 0 saturated carbocycles. The Morgan fingerprint density at radius 2 is 1.88 bits per heavy atom. The van der Waals surface area contributed by atoms with Crippen LogP contribution in [-0.2, 0) is 16.2 Å². The summed E-state index contributed by atoms with van der Waals surface area (Å²) in [4.78, 5) is 29.4. The van der Waals surface area contributed by atoms with Crippen molar-refractivity contribution >= 4 is 40.9 Å². The summed E-state index contributed by atoms with van der Waals surface area (Å²) >= 11 is 7.73. The zero-order chi connectivity index (χ0) is 22.5. The standard InChI is InChI=1S/C25H20ClFN2O2S/c1-16-6-2-3-7-17(16)15-28-22-11-10-18(26)14-20(22)25(24(28)31)29(12-13-32-25)23(30)19-8-4-5-9-21(19)27/h2-11,14H,12-13,15H2,1H3. The van der Waals surface area contributed by atoms with E-state index in [1.807, 2.05) is 37.3 Å². The van der Waals surface area contributed by atoms with Gasteiger partial charge in [0, 0.05) is 22.9 Å². The van der Waals surface area contributed by atoms with Crippen molar-refractivity contribution in [2.75, 3.05) is 17.2 Å². The van der Waals surface area contributed by atoms with E-state index in [2.05, 4.69) is 0 Å². The van der Waals surface area contributed by atoms with Gasteiger partial charge in [-0.3, -0.25) is 9.59 Å². The molecule has 0 aromatic heterocycles. The summed E-state index contributed by atoms with van der Waals surface area (Å²) < 4.78 is 14.5. The van der Waals surface area contributed by atoms with Crippen LogP contribution in [0.25, 0.3) is 0 Å². The summed E-state index contributed by atoms with van der Waals surface area (Å²) in [7, 11) is 0. The summed E-state index contributed by atoms with van der Waals surface area (Å²) in [6.45, 7) is 2.73. The first kappa shape index (κ1) is 21.0. The lowest BCUT2D eigenvalue weighted by molar-refractivity contribution is -0.123. The van der Waals surface area contributed by atoms with E-state index in [-0.39, 0.29) is 11.5 Å². The lowest BCUT2D eigenvalue weighted by Gasteiger charge is -2.33. The molecule has 32 heavy (non-hydrogen) atoms. The maximum Gasteiger partial charge on any atom is 0.268 e. The molecule has 162 valence electrons. The number of carbonyl (C=O) groups excluding carboxylic acids is 2. The van der Waals surface area contributed by atoms with Crippen LogP contribution in [0.3, 0.4) is 0 Å². The number of anilines is 1. The Kier molecular flexibility index (Phi) is 5.22. The van der Waals surface area contributed by atoms with E-state index in [1.165, 1.54) is 28.8 Å². The fourth-order valence-corrected chi connectivity index (χ4v) is 6.11. The van der Waals surface area contributed by atoms with Crippen molar-refractivity contribution in [1.82, 2.24) is 4.90 Å². The molecule has 0 bridgehead atoms. The van der Waals surface area contributed by atoms with E-state index < -0.39 is 16.6 Å². The van der Waals surface area contributed by atoms with E-state index in [0.717, 1.165) is 16.8 Å². The number of halogens is 2. The first-order valence-corrected chi connectivity index (χ1v) is 11.7. The molecule has 2 amide bonds. The number of hydrogen-bond acceptors (Lipinski definition) is 3. The van der Waals surface area contributed by atoms with Crippen LogP contribution < -0.4 is 4.90 Å². The summed E-state index contributed by atoms with van der Waals surface area (Å²) in [6.07, 6.45) is 0. The number of rotatable bonds is 3. The van der Waals surface area contributed by atoms with Crippen molar-refractivity contribution in [3.8, 4) is 0 Å². The van der Waals surface area contributed by atoms with Crippen LogP contribution >= 0.6 is 23.4 Å². The summed E-state index contributed by atoms with van der Waals surface area (Å²) in [6, 6.07) is 19.1. The molecule has 2 aliphatic rings. The molecule has 2 heterocycles. The molecule has 0 N–H and O–H groups in total. The highest BCUT2D eigenvalue weighted by Crippen LogP contribution is 2.55. The Balaban J connectivity index is 1.63. The zero-order valence-electron chi connectivity index (χ0n) is 17.3. The Labute approximate surface area is 195 Å². The van der Waals surface area contributed by atoms with Gasteiger partial charge in [-0.15, -0.1) is 11.8 Å². The van der Waals surface area contributed by atoms with Gasteiger partial charge in [0.2, 0.25) is 0 Å². The van der Waals surface area contributed by atoms with Crippen molar-refractivity contribution in [2.24, 2.45) is 0 Å². The minimum atomic E-state index is -1.26. The molecule has 7 heteroatoms. The van der Waals surface area contributed by atoms with Crippen LogP contribution in [-0.4, -0.2) is 29.0 Å². The van der Waals surface area contributed by atoms with Gasteiger partial charge in [0.1, 0.15) is 5.82 Å². The van der Waals surface area contributed by atoms with E-state index in [9.17, 15) is 14.0 Å². The molecule has 0 aliphatic carbocycles. The summed E-state index contributed by atoms with van der Waals surface area (Å²) in [5, 5.41) is 0.486. The quantitative estimate of drug-likeness (QED) is 0.520. The number of carbonyl (C=O) groups is 2. The van der Waals surface area contributed by atoms with E-state index >= 15 is 0 Å². The van der Waals surface area contributed by atoms with Crippen molar-refractivity contribution in [2.45, 2.75) is 18.3 Å². The van der Waals surface area contributed by atoms with Crippen LogP contribution in [0.2, 0.25) is 5.02 Å². The van der Waals surface area contributed by atoms with Gasteiger partial charge in [0.25, 0.3) is 11.8 Å². The number of thioether (sulfide) groups is 1. The second-order valence-electron chi connectivity index (χ2n) is 7.91. The highest BCUT2D eigenvalue weighted by Gasteiger charge is 2.59. The molecule has 3 aromatic rings. The second-order valence-corrected chi connectivity index (χ2v) is 9.63. The molecule has 1 unspecified atom stereocenters. The Morgan fingerprint density at radius 3 is 2.66 bits per heavy atom. The molecule has 1 spiro atoms. The average molecular weight is 467 g/mol. The van der Waals surface area contributed by atoms with Gasteiger partial charge in [0.05, 0.1) is 17.8 Å². The molecule has 3 aromatic carbocycles. The normalized spacial score (nSPS) is 19.7. The fourth-order valence-electron chi connectivity index (χ4n) is 4.48. The van der Waals surface area contributed by atoms with E-state index in [1.54, 1.807) is 29.2 Å². The fraction of sp³-hybridized carbons (Fsp3) is 0.200. The van der Waals surface area contributed by atoms with Crippen molar-refractivity contribution in [1.29, 1.82) is 0 Å². The second kappa shape index (κ2) is 7.94. The molecule has 1 saturated heterocycles. The molecule has 2 aliphatic heterocycles. The third kappa shape index (κ3) is 3.12. The molecular weight excluding hydrogens is 447 g/mol. The zero-order valence-corrected chi connectivity index (χ0v) is 18.9. The van der Waals surface area contributed by atoms with Crippen LogP contribution in [0, 0.1) is 12.7 Å². The maximum absolute atomic E-state index is 14.5. The molecule has 1 atom stereocenters. The highest BCUT2D eigenvalue weighted by molar-refractivity contribution is 8.01. The molecular formula is C25H20ClFN2O2S. The first-order valence-electron chi connectivity index (χ1n) is 10.3. The molecule has 4 nitrogen and oxygen atoms in total. The van der Waals surface area contributed by atoms with Crippen molar-refractivity contribution < 1.29 is 14.0 Å². The maximum atomic E-state index is 14.5.